The van der Waals surface area contributed by atoms with Crippen molar-refractivity contribution in [1.29, 1.82) is 0 Å². The fourth-order valence-corrected chi connectivity index (χ4v) is 3.75. The molecule has 1 fully saturated rings. The van der Waals surface area contributed by atoms with Crippen LogP contribution in [0.3, 0.4) is 0 Å². The highest BCUT2D eigenvalue weighted by Gasteiger charge is 2.37. The predicted octanol–water partition coefficient (Wildman–Crippen LogP) is 4.21. The molecule has 1 amide bonds. The summed E-state index contributed by atoms with van der Waals surface area (Å²) in [7, 11) is 4.00. The number of halogens is 2. The van der Waals surface area contributed by atoms with Gasteiger partial charge in [-0.25, -0.2) is 0 Å². The molecule has 4 nitrogen and oxygen atoms in total. The van der Waals surface area contributed by atoms with E-state index in [0.717, 1.165) is 18.4 Å². The maximum Gasteiger partial charge on any atom is 0.227 e. The Bertz CT molecular complexity index is 678. The lowest BCUT2D eigenvalue weighted by molar-refractivity contribution is -0.124. The van der Waals surface area contributed by atoms with Crippen molar-refractivity contribution >= 4 is 34.9 Å². The van der Waals surface area contributed by atoms with Crippen LogP contribution in [-0.2, 0) is 9.59 Å². The molecule has 1 aromatic carbocycles. The molecule has 1 aromatic rings. The highest BCUT2D eigenvalue weighted by molar-refractivity contribution is 6.42. The molecule has 1 N–H and O–H groups in total. The monoisotopic (exact) mass is 396 g/mol. The Labute approximate surface area is 165 Å². The molecule has 6 heteroatoms. The summed E-state index contributed by atoms with van der Waals surface area (Å²) in [5, 5.41) is 3.99. The van der Waals surface area contributed by atoms with Gasteiger partial charge in [-0.3, -0.25) is 9.59 Å². The number of allylic oxidation sites excluding steroid dienone is 1. The minimum absolute atomic E-state index is 0.0681. The van der Waals surface area contributed by atoms with Crippen LogP contribution in [0.5, 0.6) is 0 Å². The summed E-state index contributed by atoms with van der Waals surface area (Å²) < 4.78 is 0. The van der Waals surface area contributed by atoms with Crippen LogP contribution >= 0.6 is 23.2 Å². The SMILES string of the molecule is C=CCC(C(=O)NCC1(N(C)C)CCC(=O)CC1)c1ccc(Cl)c(Cl)c1. The highest BCUT2D eigenvalue weighted by Crippen LogP contribution is 2.31. The van der Waals surface area contributed by atoms with E-state index in [4.69, 9.17) is 23.2 Å². The molecule has 1 aliphatic carbocycles. The molecule has 142 valence electrons. The zero-order valence-corrected chi connectivity index (χ0v) is 16.9. The van der Waals surface area contributed by atoms with Crippen molar-refractivity contribution in [3.8, 4) is 0 Å². The first kappa shape index (κ1) is 20.9. The van der Waals surface area contributed by atoms with Crippen LogP contribution in [0.25, 0.3) is 0 Å². The molecule has 1 atom stereocenters. The molecule has 0 aliphatic heterocycles. The van der Waals surface area contributed by atoms with E-state index in [1.54, 1.807) is 18.2 Å². The van der Waals surface area contributed by atoms with Gasteiger partial charge in [-0.05, 0) is 51.1 Å². The Morgan fingerprint density at radius 1 is 1.31 bits per heavy atom. The fraction of sp³-hybridized carbons (Fsp3) is 0.500. The van der Waals surface area contributed by atoms with E-state index >= 15 is 0 Å². The number of likely N-dealkylation sites (N-methyl/N-ethyl adjacent to an activating group) is 1. The number of ketones is 1. The molecule has 0 heterocycles. The quantitative estimate of drug-likeness (QED) is 0.702. The summed E-state index contributed by atoms with van der Waals surface area (Å²) in [4.78, 5) is 26.6. The van der Waals surface area contributed by atoms with Crippen LogP contribution < -0.4 is 5.32 Å². The van der Waals surface area contributed by atoms with Crippen molar-refractivity contribution in [2.75, 3.05) is 20.6 Å². The van der Waals surface area contributed by atoms with Crippen molar-refractivity contribution in [3.05, 3.63) is 46.5 Å². The van der Waals surface area contributed by atoms with E-state index in [1.165, 1.54) is 0 Å². The number of carbonyl (C=O) groups excluding carboxylic acids is 2. The average molecular weight is 397 g/mol. The maximum atomic E-state index is 12.9. The van der Waals surface area contributed by atoms with E-state index in [9.17, 15) is 9.59 Å². The summed E-state index contributed by atoms with van der Waals surface area (Å²) in [5.41, 5.74) is 0.634. The van der Waals surface area contributed by atoms with E-state index in [0.29, 0.717) is 41.6 Å². The van der Waals surface area contributed by atoms with Gasteiger partial charge in [-0.15, -0.1) is 6.58 Å². The summed E-state index contributed by atoms with van der Waals surface area (Å²) in [6, 6.07) is 5.26. The summed E-state index contributed by atoms with van der Waals surface area (Å²) in [6.07, 6.45) is 4.90. The van der Waals surface area contributed by atoms with Gasteiger partial charge in [-0.1, -0.05) is 35.3 Å². The Morgan fingerprint density at radius 3 is 2.50 bits per heavy atom. The summed E-state index contributed by atoms with van der Waals surface area (Å²) >= 11 is 12.1. The molecule has 0 aromatic heterocycles. The molecule has 1 unspecified atom stereocenters. The Hall–Kier alpha value is -1.36. The summed E-state index contributed by atoms with van der Waals surface area (Å²) in [5.74, 6) is -0.137. The number of Topliss-reactive ketones (excluding diaryl/α,β-unsaturated/α-hetero) is 1. The number of nitrogens with one attached hydrogen (secondary N) is 1. The minimum atomic E-state index is -0.369. The molecule has 0 radical (unpaired) electrons. The largest absolute Gasteiger partial charge is 0.354 e. The van der Waals surface area contributed by atoms with Gasteiger partial charge in [0.2, 0.25) is 5.91 Å². The van der Waals surface area contributed by atoms with Crippen molar-refractivity contribution in [2.24, 2.45) is 0 Å². The van der Waals surface area contributed by atoms with E-state index < -0.39 is 0 Å². The second-order valence-electron chi connectivity index (χ2n) is 7.13. The van der Waals surface area contributed by atoms with Crippen molar-refractivity contribution in [1.82, 2.24) is 10.2 Å². The molecule has 0 bridgehead atoms. The first-order chi connectivity index (χ1) is 12.3. The summed E-state index contributed by atoms with van der Waals surface area (Å²) in [6.45, 7) is 4.28. The first-order valence-electron chi connectivity index (χ1n) is 8.82. The van der Waals surface area contributed by atoms with E-state index in [1.807, 2.05) is 20.2 Å². The van der Waals surface area contributed by atoms with Gasteiger partial charge in [-0.2, -0.15) is 0 Å². The second-order valence-corrected chi connectivity index (χ2v) is 7.94. The highest BCUT2D eigenvalue weighted by atomic mass is 35.5. The molecular formula is C20H26Cl2N2O2. The van der Waals surface area contributed by atoms with Gasteiger partial charge in [0.15, 0.2) is 0 Å². The number of nitrogens with zero attached hydrogens (tertiary/aromatic N) is 1. The van der Waals surface area contributed by atoms with Gasteiger partial charge in [0.1, 0.15) is 5.78 Å². The van der Waals surface area contributed by atoms with Gasteiger partial charge in [0, 0.05) is 24.9 Å². The Morgan fingerprint density at radius 2 is 1.96 bits per heavy atom. The van der Waals surface area contributed by atoms with Gasteiger partial charge in [0.25, 0.3) is 0 Å². The van der Waals surface area contributed by atoms with Crippen LogP contribution in [0.2, 0.25) is 10.0 Å². The van der Waals surface area contributed by atoms with Crippen LogP contribution in [-0.4, -0.2) is 42.8 Å². The number of hydrogen-bond acceptors (Lipinski definition) is 3. The number of carbonyl (C=O) groups is 2. The normalized spacial score (nSPS) is 17.8. The lowest BCUT2D eigenvalue weighted by Crippen LogP contribution is -2.55. The van der Waals surface area contributed by atoms with E-state index in [2.05, 4.69) is 16.8 Å². The molecular weight excluding hydrogens is 371 g/mol. The molecule has 26 heavy (non-hydrogen) atoms. The van der Waals surface area contributed by atoms with Gasteiger partial charge < -0.3 is 10.2 Å². The Kier molecular flexibility index (Phi) is 7.27. The first-order valence-corrected chi connectivity index (χ1v) is 9.57. The van der Waals surface area contributed by atoms with Crippen LogP contribution in [0.4, 0.5) is 0 Å². The average Bonchev–Trinajstić information content (AvgIpc) is 2.61. The van der Waals surface area contributed by atoms with E-state index in [-0.39, 0.29) is 17.4 Å². The lowest BCUT2D eigenvalue weighted by atomic mass is 9.80. The third-order valence-electron chi connectivity index (χ3n) is 5.34. The second kappa shape index (κ2) is 9.03. The lowest BCUT2D eigenvalue weighted by Gasteiger charge is -2.42. The number of rotatable bonds is 7. The zero-order valence-electron chi connectivity index (χ0n) is 15.4. The van der Waals surface area contributed by atoms with Crippen LogP contribution in [0.1, 0.15) is 43.6 Å². The van der Waals surface area contributed by atoms with Crippen LogP contribution in [0.15, 0.2) is 30.9 Å². The standard InChI is InChI=1S/C20H26Cl2N2O2/c1-4-5-16(14-6-7-17(21)18(22)12-14)19(26)23-13-20(24(2)3)10-8-15(25)9-11-20/h4,6-7,12,16H,1,5,8-11,13H2,2-3H3,(H,23,26). The van der Waals surface area contributed by atoms with Crippen LogP contribution in [0, 0.1) is 0 Å². The van der Waals surface area contributed by atoms with Crippen molar-refractivity contribution in [3.63, 3.8) is 0 Å². The number of hydrogen-bond donors (Lipinski definition) is 1. The molecule has 1 aliphatic rings. The van der Waals surface area contributed by atoms with Gasteiger partial charge in [0.05, 0.1) is 16.0 Å². The molecule has 1 saturated carbocycles. The topological polar surface area (TPSA) is 49.4 Å². The molecule has 0 saturated heterocycles. The number of amides is 1. The predicted molar refractivity (Wildman–Crippen MR) is 107 cm³/mol. The smallest absolute Gasteiger partial charge is 0.227 e. The third kappa shape index (κ3) is 4.87. The van der Waals surface area contributed by atoms with Gasteiger partial charge >= 0.3 is 0 Å². The Balaban J connectivity index is 2.12. The number of benzene rings is 1. The maximum absolute atomic E-state index is 12.9. The molecule has 0 spiro atoms. The third-order valence-corrected chi connectivity index (χ3v) is 6.08. The fourth-order valence-electron chi connectivity index (χ4n) is 3.44. The zero-order chi connectivity index (χ0) is 19.3. The minimum Gasteiger partial charge on any atom is -0.354 e. The van der Waals surface area contributed by atoms with Crippen molar-refractivity contribution < 1.29 is 9.59 Å². The van der Waals surface area contributed by atoms with Crippen molar-refractivity contribution in [2.45, 2.75) is 43.6 Å². The molecule has 2 rings (SSSR count).